The average Bonchev–Trinajstić information content (AvgIpc) is 2.95. The highest BCUT2D eigenvalue weighted by Gasteiger charge is 2.28. The van der Waals surface area contributed by atoms with Crippen LogP contribution in [0.5, 0.6) is 0 Å². The van der Waals surface area contributed by atoms with Crippen LogP contribution in [0.1, 0.15) is 30.9 Å². The van der Waals surface area contributed by atoms with E-state index in [4.69, 9.17) is 16.3 Å². The van der Waals surface area contributed by atoms with Crippen LogP contribution in [0.2, 0.25) is 5.02 Å². The SMILES string of the molecule is CCCCOC(=O)/C=C/c1cc(Cl)cc2c1N(C(=O)N(C)C)CC2. The van der Waals surface area contributed by atoms with Gasteiger partial charge in [-0.15, -0.1) is 0 Å². The number of esters is 1. The average molecular weight is 351 g/mol. The molecule has 0 unspecified atom stereocenters. The molecule has 0 atom stereocenters. The summed E-state index contributed by atoms with van der Waals surface area (Å²) in [5.74, 6) is -0.388. The molecule has 1 heterocycles. The van der Waals surface area contributed by atoms with Gasteiger partial charge in [-0.2, -0.15) is 0 Å². The number of carbonyl (C=O) groups excluding carboxylic acids is 2. The molecule has 0 bridgehead atoms. The first-order valence-electron chi connectivity index (χ1n) is 8.10. The minimum absolute atomic E-state index is 0.0868. The van der Waals surface area contributed by atoms with Crippen molar-refractivity contribution in [1.82, 2.24) is 4.90 Å². The first kappa shape index (κ1) is 18.3. The number of nitrogens with zero attached hydrogens (tertiary/aromatic N) is 2. The molecule has 6 heteroatoms. The van der Waals surface area contributed by atoms with Crippen molar-refractivity contribution >= 4 is 35.4 Å². The summed E-state index contributed by atoms with van der Waals surface area (Å²) < 4.78 is 5.12. The summed E-state index contributed by atoms with van der Waals surface area (Å²) in [5, 5.41) is 0.590. The fourth-order valence-corrected chi connectivity index (χ4v) is 2.87. The summed E-state index contributed by atoms with van der Waals surface area (Å²) in [7, 11) is 3.44. The van der Waals surface area contributed by atoms with Crippen LogP contribution in [0, 0.1) is 0 Å². The van der Waals surface area contributed by atoms with E-state index in [1.54, 1.807) is 31.1 Å². The molecule has 2 amide bonds. The molecule has 0 radical (unpaired) electrons. The number of ether oxygens (including phenoxy) is 1. The molecular weight excluding hydrogens is 328 g/mol. The number of amides is 2. The summed E-state index contributed by atoms with van der Waals surface area (Å²) in [5.41, 5.74) is 2.57. The van der Waals surface area contributed by atoms with Crippen LogP contribution >= 0.6 is 11.6 Å². The van der Waals surface area contributed by atoms with E-state index in [0.717, 1.165) is 36.1 Å². The summed E-state index contributed by atoms with van der Waals surface area (Å²) in [4.78, 5) is 27.4. The van der Waals surface area contributed by atoms with Gasteiger partial charge >= 0.3 is 12.0 Å². The molecule has 0 spiro atoms. The Hall–Kier alpha value is -2.01. The number of halogens is 1. The van der Waals surface area contributed by atoms with Crippen molar-refractivity contribution in [1.29, 1.82) is 0 Å². The van der Waals surface area contributed by atoms with Gasteiger partial charge in [0.2, 0.25) is 0 Å². The Labute approximate surface area is 147 Å². The molecule has 0 aliphatic carbocycles. The summed E-state index contributed by atoms with van der Waals surface area (Å²) in [6.45, 7) is 3.06. The molecule has 1 aliphatic heterocycles. The molecule has 0 saturated carbocycles. The van der Waals surface area contributed by atoms with Crippen LogP contribution in [-0.4, -0.2) is 44.1 Å². The Morgan fingerprint density at radius 1 is 1.38 bits per heavy atom. The van der Waals surface area contributed by atoms with Crippen LogP contribution in [0.25, 0.3) is 6.08 Å². The van der Waals surface area contributed by atoms with E-state index in [2.05, 4.69) is 0 Å². The van der Waals surface area contributed by atoms with Gasteiger partial charge in [0.1, 0.15) is 0 Å². The molecule has 0 aromatic heterocycles. The maximum absolute atomic E-state index is 12.4. The van der Waals surface area contributed by atoms with Crippen molar-refractivity contribution in [3.05, 3.63) is 34.4 Å². The second-order valence-electron chi connectivity index (χ2n) is 5.94. The number of anilines is 1. The third kappa shape index (κ3) is 4.29. The fraction of sp³-hybridized carbons (Fsp3) is 0.444. The van der Waals surface area contributed by atoms with Crippen LogP contribution in [0.3, 0.4) is 0 Å². The maximum Gasteiger partial charge on any atom is 0.330 e. The Morgan fingerprint density at radius 2 is 2.12 bits per heavy atom. The zero-order valence-corrected chi connectivity index (χ0v) is 15.1. The Morgan fingerprint density at radius 3 is 2.79 bits per heavy atom. The third-order valence-electron chi connectivity index (χ3n) is 3.81. The van der Waals surface area contributed by atoms with Gasteiger partial charge in [0.25, 0.3) is 0 Å². The second kappa shape index (κ2) is 8.20. The highest BCUT2D eigenvalue weighted by molar-refractivity contribution is 6.31. The topological polar surface area (TPSA) is 49.9 Å². The lowest BCUT2D eigenvalue weighted by Crippen LogP contribution is -2.38. The number of benzene rings is 1. The molecule has 1 aromatic carbocycles. The molecule has 1 aliphatic rings. The number of urea groups is 1. The zero-order chi connectivity index (χ0) is 17.7. The Kier molecular flexibility index (Phi) is 6.26. The minimum Gasteiger partial charge on any atom is -0.463 e. The smallest absolute Gasteiger partial charge is 0.330 e. The number of carbonyl (C=O) groups is 2. The van der Waals surface area contributed by atoms with Crippen molar-refractivity contribution in [3.8, 4) is 0 Å². The lowest BCUT2D eigenvalue weighted by molar-refractivity contribution is -0.137. The predicted molar refractivity (Wildman–Crippen MR) is 96.5 cm³/mol. The predicted octanol–water partition coefficient (Wildman–Crippen LogP) is 3.74. The zero-order valence-electron chi connectivity index (χ0n) is 14.3. The van der Waals surface area contributed by atoms with Gasteiger partial charge in [-0.3, -0.25) is 4.90 Å². The maximum atomic E-state index is 12.4. The van der Waals surface area contributed by atoms with Crippen molar-refractivity contribution in [2.75, 3.05) is 32.1 Å². The van der Waals surface area contributed by atoms with Gasteiger partial charge in [-0.25, -0.2) is 9.59 Å². The summed E-state index contributed by atoms with van der Waals surface area (Å²) in [6, 6.07) is 3.55. The van der Waals surface area contributed by atoms with E-state index in [0.29, 0.717) is 18.2 Å². The van der Waals surface area contributed by atoms with Crippen molar-refractivity contribution in [2.24, 2.45) is 0 Å². The highest BCUT2D eigenvalue weighted by atomic mass is 35.5. The van der Waals surface area contributed by atoms with Gasteiger partial charge in [-0.05, 0) is 36.6 Å². The lowest BCUT2D eigenvalue weighted by atomic mass is 10.1. The Balaban J connectivity index is 2.25. The molecule has 130 valence electrons. The van der Waals surface area contributed by atoms with Crippen molar-refractivity contribution < 1.29 is 14.3 Å². The van der Waals surface area contributed by atoms with E-state index in [1.165, 1.54) is 11.0 Å². The number of fused-ring (bicyclic) bond motifs is 1. The van der Waals surface area contributed by atoms with Gasteiger partial charge in [-0.1, -0.05) is 24.9 Å². The summed E-state index contributed by atoms with van der Waals surface area (Å²) in [6.07, 6.45) is 5.62. The van der Waals surface area contributed by atoms with Crippen LogP contribution in [0.4, 0.5) is 10.5 Å². The highest BCUT2D eigenvalue weighted by Crippen LogP contribution is 2.36. The lowest BCUT2D eigenvalue weighted by Gasteiger charge is -2.23. The minimum atomic E-state index is -0.388. The quantitative estimate of drug-likeness (QED) is 0.462. The van der Waals surface area contributed by atoms with E-state index in [9.17, 15) is 9.59 Å². The first-order chi connectivity index (χ1) is 11.4. The van der Waals surface area contributed by atoms with Crippen LogP contribution in [0.15, 0.2) is 18.2 Å². The van der Waals surface area contributed by atoms with Gasteiger partial charge in [0, 0.05) is 37.3 Å². The van der Waals surface area contributed by atoms with Gasteiger partial charge in [0.05, 0.1) is 12.3 Å². The van der Waals surface area contributed by atoms with E-state index in [1.807, 2.05) is 13.0 Å². The summed E-state index contributed by atoms with van der Waals surface area (Å²) >= 11 is 6.17. The number of hydrogen-bond donors (Lipinski definition) is 0. The van der Waals surface area contributed by atoms with Crippen LogP contribution < -0.4 is 4.90 Å². The normalized spacial score (nSPS) is 13.2. The molecular formula is C18H23ClN2O3. The fourth-order valence-electron chi connectivity index (χ4n) is 2.63. The molecule has 5 nitrogen and oxygen atoms in total. The second-order valence-corrected chi connectivity index (χ2v) is 6.37. The van der Waals surface area contributed by atoms with Gasteiger partial charge in [0.15, 0.2) is 0 Å². The third-order valence-corrected chi connectivity index (χ3v) is 4.03. The molecule has 0 N–H and O–H groups in total. The number of rotatable bonds is 5. The molecule has 2 rings (SSSR count). The largest absolute Gasteiger partial charge is 0.463 e. The van der Waals surface area contributed by atoms with Crippen molar-refractivity contribution in [2.45, 2.75) is 26.2 Å². The molecule has 1 aromatic rings. The van der Waals surface area contributed by atoms with Crippen LogP contribution in [-0.2, 0) is 16.0 Å². The monoisotopic (exact) mass is 350 g/mol. The van der Waals surface area contributed by atoms with Gasteiger partial charge < -0.3 is 9.64 Å². The molecule has 0 saturated heterocycles. The standard InChI is InChI=1S/C18H23ClN2O3/c1-4-5-10-24-16(22)7-6-13-11-15(19)12-14-8-9-21(17(13)14)18(23)20(2)3/h6-7,11-12H,4-5,8-10H2,1-3H3/b7-6+. The van der Waals surface area contributed by atoms with E-state index < -0.39 is 0 Å². The Bertz CT molecular complexity index is 656. The number of unbranched alkanes of at least 4 members (excludes halogenated alkanes) is 1. The first-order valence-corrected chi connectivity index (χ1v) is 8.48. The molecule has 0 fully saturated rings. The molecule has 24 heavy (non-hydrogen) atoms. The van der Waals surface area contributed by atoms with E-state index in [-0.39, 0.29) is 12.0 Å². The van der Waals surface area contributed by atoms with Crippen molar-refractivity contribution in [3.63, 3.8) is 0 Å². The van der Waals surface area contributed by atoms with E-state index >= 15 is 0 Å². The number of hydrogen-bond acceptors (Lipinski definition) is 3.